The van der Waals surface area contributed by atoms with E-state index in [0.29, 0.717) is 12.0 Å². The summed E-state index contributed by atoms with van der Waals surface area (Å²) < 4.78 is 5.32. The summed E-state index contributed by atoms with van der Waals surface area (Å²) in [4.78, 5) is 2.34. The average Bonchev–Trinajstić information content (AvgIpc) is 2.49. The van der Waals surface area contributed by atoms with E-state index in [9.17, 15) is 5.11 Å². The zero-order valence-corrected chi connectivity index (χ0v) is 8.49. The van der Waals surface area contributed by atoms with E-state index >= 15 is 0 Å². The van der Waals surface area contributed by atoms with Gasteiger partial charge in [-0.05, 0) is 12.3 Å². The SMILES string of the molecule is CC(C)C1(O)CN(C2CCOC2)C1. The van der Waals surface area contributed by atoms with Gasteiger partial charge in [-0.15, -0.1) is 0 Å². The molecule has 13 heavy (non-hydrogen) atoms. The Morgan fingerprint density at radius 2 is 2.15 bits per heavy atom. The Bertz CT molecular complexity index is 181. The molecule has 0 amide bonds. The predicted octanol–water partition coefficient (Wildman–Crippen LogP) is 0.478. The maximum atomic E-state index is 10.0. The Balaban J connectivity index is 1.83. The molecule has 1 unspecified atom stereocenters. The molecule has 0 saturated carbocycles. The van der Waals surface area contributed by atoms with Gasteiger partial charge in [0, 0.05) is 25.7 Å². The van der Waals surface area contributed by atoms with Crippen LogP contribution in [0.4, 0.5) is 0 Å². The Labute approximate surface area is 79.7 Å². The topological polar surface area (TPSA) is 32.7 Å². The van der Waals surface area contributed by atoms with Gasteiger partial charge in [-0.1, -0.05) is 13.8 Å². The smallest absolute Gasteiger partial charge is 0.0923 e. The second-order valence-corrected chi connectivity index (χ2v) is 4.68. The molecule has 0 aliphatic carbocycles. The molecule has 0 aromatic heterocycles. The number of hydrogen-bond acceptors (Lipinski definition) is 3. The molecule has 3 heteroatoms. The first-order valence-corrected chi connectivity index (χ1v) is 5.16. The number of nitrogens with zero attached hydrogens (tertiary/aromatic N) is 1. The number of β-amino-alcohol motifs (C(OH)–C–C–N with tert-alkyl or cyclic N) is 1. The van der Waals surface area contributed by atoms with Gasteiger partial charge in [0.25, 0.3) is 0 Å². The van der Waals surface area contributed by atoms with Crippen LogP contribution in [0.2, 0.25) is 0 Å². The number of hydrogen-bond donors (Lipinski definition) is 1. The minimum Gasteiger partial charge on any atom is -0.387 e. The summed E-state index contributed by atoms with van der Waals surface area (Å²) in [6.07, 6.45) is 1.13. The van der Waals surface area contributed by atoms with E-state index in [-0.39, 0.29) is 0 Å². The standard InChI is InChI=1S/C10H19NO2/c1-8(2)10(12)6-11(7-10)9-3-4-13-5-9/h8-9,12H,3-7H2,1-2H3. The van der Waals surface area contributed by atoms with Gasteiger partial charge in [0.1, 0.15) is 0 Å². The summed E-state index contributed by atoms with van der Waals surface area (Å²) >= 11 is 0. The first-order valence-electron chi connectivity index (χ1n) is 5.16. The van der Waals surface area contributed by atoms with Crippen molar-refractivity contribution in [2.45, 2.75) is 31.9 Å². The normalized spacial score (nSPS) is 33.7. The first kappa shape index (κ1) is 9.44. The lowest BCUT2D eigenvalue weighted by Crippen LogP contribution is -2.67. The Hall–Kier alpha value is -0.120. The molecule has 3 nitrogen and oxygen atoms in total. The van der Waals surface area contributed by atoms with E-state index < -0.39 is 5.60 Å². The van der Waals surface area contributed by atoms with E-state index in [1.165, 1.54) is 0 Å². The molecule has 1 atom stereocenters. The molecule has 2 saturated heterocycles. The minimum absolute atomic E-state index is 0.367. The fourth-order valence-electron chi connectivity index (χ4n) is 2.09. The summed E-state index contributed by atoms with van der Waals surface area (Å²) in [7, 11) is 0. The number of ether oxygens (including phenoxy) is 1. The van der Waals surface area contributed by atoms with Crippen LogP contribution in [0.3, 0.4) is 0 Å². The fourth-order valence-corrected chi connectivity index (χ4v) is 2.09. The van der Waals surface area contributed by atoms with Crippen LogP contribution in [0.15, 0.2) is 0 Å². The van der Waals surface area contributed by atoms with Gasteiger partial charge in [-0.2, -0.15) is 0 Å². The largest absolute Gasteiger partial charge is 0.387 e. The summed E-state index contributed by atoms with van der Waals surface area (Å²) in [6, 6.07) is 0.569. The highest BCUT2D eigenvalue weighted by atomic mass is 16.5. The van der Waals surface area contributed by atoms with Gasteiger partial charge < -0.3 is 9.84 Å². The van der Waals surface area contributed by atoms with E-state index in [2.05, 4.69) is 18.7 Å². The zero-order chi connectivity index (χ0) is 9.47. The van der Waals surface area contributed by atoms with Gasteiger partial charge in [0.15, 0.2) is 0 Å². The number of rotatable bonds is 2. The molecule has 0 radical (unpaired) electrons. The Kier molecular flexibility index (Phi) is 2.34. The fraction of sp³-hybridized carbons (Fsp3) is 1.00. The Morgan fingerprint density at radius 3 is 2.62 bits per heavy atom. The molecule has 2 fully saturated rings. The van der Waals surface area contributed by atoms with Gasteiger partial charge in [0.05, 0.1) is 12.2 Å². The maximum absolute atomic E-state index is 10.0. The van der Waals surface area contributed by atoms with Crippen LogP contribution < -0.4 is 0 Å². The average molecular weight is 185 g/mol. The molecule has 0 aromatic rings. The third kappa shape index (κ3) is 1.60. The second kappa shape index (κ2) is 3.23. The molecule has 2 aliphatic heterocycles. The van der Waals surface area contributed by atoms with Crippen LogP contribution in [0.5, 0.6) is 0 Å². The highest BCUT2D eigenvalue weighted by molar-refractivity contribution is 5.00. The maximum Gasteiger partial charge on any atom is 0.0923 e. The predicted molar refractivity (Wildman–Crippen MR) is 50.6 cm³/mol. The summed E-state index contributed by atoms with van der Waals surface area (Å²) in [5, 5.41) is 10.0. The zero-order valence-electron chi connectivity index (χ0n) is 8.49. The van der Waals surface area contributed by atoms with Crippen molar-refractivity contribution in [3.05, 3.63) is 0 Å². The van der Waals surface area contributed by atoms with Crippen LogP contribution in [0.1, 0.15) is 20.3 Å². The Morgan fingerprint density at radius 1 is 1.46 bits per heavy atom. The van der Waals surface area contributed by atoms with Crippen molar-refractivity contribution in [3.63, 3.8) is 0 Å². The molecule has 2 heterocycles. The summed E-state index contributed by atoms with van der Waals surface area (Å²) in [5.74, 6) is 0.367. The summed E-state index contributed by atoms with van der Waals surface area (Å²) in [6.45, 7) is 7.58. The lowest BCUT2D eigenvalue weighted by molar-refractivity contribution is -0.142. The molecule has 2 rings (SSSR count). The third-order valence-corrected chi connectivity index (χ3v) is 3.45. The molecular formula is C10H19NO2. The quantitative estimate of drug-likeness (QED) is 0.679. The number of likely N-dealkylation sites (tertiary alicyclic amines) is 1. The van der Waals surface area contributed by atoms with Crippen molar-refractivity contribution in [1.82, 2.24) is 4.90 Å². The van der Waals surface area contributed by atoms with Crippen molar-refractivity contribution in [3.8, 4) is 0 Å². The lowest BCUT2D eigenvalue weighted by atomic mass is 9.82. The van der Waals surface area contributed by atoms with Crippen LogP contribution in [0.25, 0.3) is 0 Å². The highest BCUT2D eigenvalue weighted by Gasteiger charge is 2.46. The van der Waals surface area contributed by atoms with Crippen LogP contribution in [-0.2, 0) is 4.74 Å². The molecule has 0 aromatic carbocycles. The first-order chi connectivity index (χ1) is 6.12. The molecule has 0 spiro atoms. The van der Waals surface area contributed by atoms with Crippen molar-refractivity contribution in [1.29, 1.82) is 0 Å². The molecular weight excluding hydrogens is 166 g/mol. The van der Waals surface area contributed by atoms with E-state index in [4.69, 9.17) is 4.74 Å². The molecule has 2 aliphatic rings. The van der Waals surface area contributed by atoms with E-state index in [1.54, 1.807) is 0 Å². The van der Waals surface area contributed by atoms with Crippen LogP contribution in [-0.4, -0.2) is 48.0 Å². The van der Waals surface area contributed by atoms with Crippen molar-refractivity contribution >= 4 is 0 Å². The van der Waals surface area contributed by atoms with E-state index in [0.717, 1.165) is 32.7 Å². The van der Waals surface area contributed by atoms with E-state index in [1.807, 2.05) is 0 Å². The molecule has 76 valence electrons. The minimum atomic E-state index is -0.428. The highest BCUT2D eigenvalue weighted by Crippen LogP contribution is 2.31. The second-order valence-electron chi connectivity index (χ2n) is 4.68. The van der Waals surface area contributed by atoms with Crippen molar-refractivity contribution in [2.75, 3.05) is 26.3 Å². The summed E-state index contributed by atoms with van der Waals surface area (Å²) in [5.41, 5.74) is -0.428. The van der Waals surface area contributed by atoms with Gasteiger partial charge >= 0.3 is 0 Å². The van der Waals surface area contributed by atoms with Crippen LogP contribution >= 0.6 is 0 Å². The monoisotopic (exact) mass is 185 g/mol. The third-order valence-electron chi connectivity index (χ3n) is 3.45. The van der Waals surface area contributed by atoms with Gasteiger partial charge in [-0.3, -0.25) is 4.90 Å². The molecule has 0 bridgehead atoms. The lowest BCUT2D eigenvalue weighted by Gasteiger charge is -2.51. The van der Waals surface area contributed by atoms with Crippen LogP contribution in [0, 0.1) is 5.92 Å². The molecule has 1 N–H and O–H groups in total. The van der Waals surface area contributed by atoms with Gasteiger partial charge in [-0.25, -0.2) is 0 Å². The van der Waals surface area contributed by atoms with Crippen molar-refractivity contribution in [2.24, 2.45) is 5.92 Å². The van der Waals surface area contributed by atoms with Gasteiger partial charge in [0.2, 0.25) is 0 Å². The number of aliphatic hydroxyl groups is 1. The van der Waals surface area contributed by atoms with Crippen molar-refractivity contribution < 1.29 is 9.84 Å².